The average Bonchev–Trinajstić information content (AvgIpc) is 2.06. The summed E-state index contributed by atoms with van der Waals surface area (Å²) in [6, 6.07) is 0. The molecule has 1 fully saturated rings. The first-order valence-corrected chi connectivity index (χ1v) is 5.37. The molecule has 0 aromatic heterocycles. The summed E-state index contributed by atoms with van der Waals surface area (Å²) in [5.41, 5.74) is 0. The maximum absolute atomic E-state index is 12.6. The van der Waals surface area contributed by atoms with Crippen LogP contribution in [0.15, 0.2) is 0 Å². The summed E-state index contributed by atoms with van der Waals surface area (Å²) in [4.78, 5) is 0. The second kappa shape index (κ2) is 6.34. The van der Waals surface area contributed by atoms with Crippen LogP contribution in [0.3, 0.4) is 0 Å². The van der Waals surface area contributed by atoms with Gasteiger partial charge in [-0.15, -0.1) is 0 Å². The Bertz CT molecular complexity index is 287. The van der Waals surface area contributed by atoms with Gasteiger partial charge in [-0.3, -0.25) is 0 Å². The minimum absolute atomic E-state index is 0.282. The molecule has 0 spiro atoms. The van der Waals surface area contributed by atoms with E-state index in [1.807, 2.05) is 0 Å². The van der Waals surface area contributed by atoms with Crippen molar-refractivity contribution < 1.29 is 54.0 Å². The lowest BCUT2D eigenvalue weighted by Crippen LogP contribution is -2.56. The first kappa shape index (κ1) is 18.6. The monoisotopic (exact) mass is 324 g/mol. The molecule has 15 heteroatoms. The van der Waals surface area contributed by atoms with E-state index >= 15 is 0 Å². The van der Waals surface area contributed by atoms with E-state index in [2.05, 4.69) is 27.7 Å². The van der Waals surface area contributed by atoms with Crippen molar-refractivity contribution in [3.63, 3.8) is 0 Å². The Morgan fingerprint density at radius 3 is 0.905 bits per heavy atom. The zero-order valence-corrected chi connectivity index (χ0v) is 10.9. The third-order valence-corrected chi connectivity index (χ3v) is 1.58. The van der Waals surface area contributed by atoms with Gasteiger partial charge in [0.25, 0.3) is 0 Å². The van der Waals surface area contributed by atoms with Gasteiger partial charge in [0.15, 0.2) is 0 Å². The van der Waals surface area contributed by atoms with Crippen LogP contribution in [0.1, 0.15) is 20.8 Å². The number of rotatable bonds is 6. The van der Waals surface area contributed by atoms with Crippen LogP contribution in [0.4, 0.5) is 26.3 Å². The van der Waals surface area contributed by atoms with Gasteiger partial charge in [0.05, 0.1) is 0 Å². The molecule has 0 radical (unpaired) electrons. The molecule has 0 aromatic rings. The third kappa shape index (κ3) is 8.53. The summed E-state index contributed by atoms with van der Waals surface area (Å²) in [5, 5.41) is 0. The number of alkyl halides is 6. The van der Waals surface area contributed by atoms with Crippen LogP contribution in [0.5, 0.6) is 0 Å². The van der Waals surface area contributed by atoms with Gasteiger partial charge >= 0.3 is 40.3 Å². The fourth-order valence-electron chi connectivity index (χ4n) is 1.04. The lowest BCUT2D eigenvalue weighted by Gasteiger charge is -2.31. The molecule has 0 aromatic carbocycles. The van der Waals surface area contributed by atoms with E-state index in [1.54, 1.807) is 0 Å². The van der Waals surface area contributed by atoms with Gasteiger partial charge in [-0.25, -0.2) is 0 Å². The molecule has 1 saturated heterocycles. The molecule has 0 aliphatic carbocycles. The van der Waals surface area contributed by atoms with Gasteiger partial charge in [0.2, 0.25) is 0 Å². The maximum atomic E-state index is 12.6. The Morgan fingerprint density at radius 1 is 0.571 bits per heavy atom. The van der Waals surface area contributed by atoms with Crippen molar-refractivity contribution in [3.8, 4) is 0 Å². The Balaban J connectivity index is 2.73. The zero-order chi connectivity index (χ0) is 16.5. The van der Waals surface area contributed by atoms with Gasteiger partial charge in [-0.05, 0) is 0 Å². The van der Waals surface area contributed by atoms with Crippen molar-refractivity contribution in [3.05, 3.63) is 0 Å². The molecule has 0 amide bonds. The van der Waals surface area contributed by atoms with Crippen LogP contribution in [0, 0.1) is 0 Å². The van der Waals surface area contributed by atoms with Crippen molar-refractivity contribution in [2.45, 2.75) is 39.1 Å². The molecule has 1 aliphatic heterocycles. The normalized spacial score (nSPS) is 18.4. The predicted octanol–water partition coefficient (Wildman–Crippen LogP) is 1.89. The highest BCUT2D eigenvalue weighted by Gasteiger charge is 2.53. The lowest BCUT2D eigenvalue weighted by atomic mass is 9.96. The zero-order valence-electron chi connectivity index (χ0n) is 10.9. The number of hydrogen-bond acceptors (Lipinski definition) is 6. The standard InChI is InChI=1S/C6H9B3F6O6/c1-4(10,11)16-7-19-8(17-5(2,12)13)21-9(20-7)18-6(3,14)15/h1-3H3. The van der Waals surface area contributed by atoms with Gasteiger partial charge in [0.1, 0.15) is 0 Å². The van der Waals surface area contributed by atoms with Crippen molar-refractivity contribution in [1.29, 1.82) is 0 Å². The van der Waals surface area contributed by atoms with Crippen molar-refractivity contribution in [2.24, 2.45) is 0 Å². The lowest BCUT2D eigenvalue weighted by molar-refractivity contribution is -0.206. The maximum Gasteiger partial charge on any atom is 0.619 e. The van der Waals surface area contributed by atoms with Crippen LogP contribution >= 0.6 is 0 Å². The van der Waals surface area contributed by atoms with E-state index in [1.165, 1.54) is 0 Å². The largest absolute Gasteiger partial charge is 0.619 e. The highest BCUT2D eigenvalue weighted by atomic mass is 19.3. The first-order chi connectivity index (χ1) is 9.23. The second-order valence-electron chi connectivity index (χ2n) is 4.05. The van der Waals surface area contributed by atoms with E-state index in [9.17, 15) is 26.3 Å². The topological polar surface area (TPSA) is 55.4 Å². The van der Waals surface area contributed by atoms with Gasteiger partial charge in [0, 0.05) is 20.8 Å². The highest BCUT2D eigenvalue weighted by Crippen LogP contribution is 2.25. The minimum Gasteiger partial charge on any atom is -0.400 e. The molecule has 6 nitrogen and oxygen atoms in total. The SMILES string of the molecule is CC(F)(F)OB1OB(OC(C)(F)F)OB(OC(C)(F)F)O1. The number of hydrogen-bond donors (Lipinski definition) is 0. The first-order valence-electron chi connectivity index (χ1n) is 5.37. The molecular formula is C6H9B3F6O6. The van der Waals surface area contributed by atoms with E-state index in [0.717, 1.165) is 0 Å². The summed E-state index contributed by atoms with van der Waals surface area (Å²) in [6.07, 6.45) is -11.4. The summed E-state index contributed by atoms with van der Waals surface area (Å²) in [5.74, 6) is 0. The molecule has 0 unspecified atom stereocenters. The molecule has 0 N–H and O–H groups in total. The Morgan fingerprint density at radius 2 is 0.762 bits per heavy atom. The molecule has 1 rings (SSSR count). The second-order valence-corrected chi connectivity index (χ2v) is 4.05. The molecule has 120 valence electrons. The molecule has 1 heterocycles. The molecular weight excluding hydrogens is 314 g/mol. The molecule has 1 aliphatic rings. The molecule has 0 bridgehead atoms. The molecule has 0 atom stereocenters. The van der Waals surface area contributed by atoms with Crippen LogP contribution < -0.4 is 0 Å². The fourth-order valence-corrected chi connectivity index (χ4v) is 1.04. The molecule has 0 saturated carbocycles. The summed E-state index contributed by atoms with van der Waals surface area (Å²) in [7, 11) is -7.00. The van der Waals surface area contributed by atoms with Crippen molar-refractivity contribution in [2.75, 3.05) is 0 Å². The van der Waals surface area contributed by atoms with E-state index in [-0.39, 0.29) is 20.8 Å². The molecule has 21 heavy (non-hydrogen) atoms. The summed E-state index contributed by atoms with van der Waals surface area (Å²) in [6.45, 7) is 0.845. The van der Waals surface area contributed by atoms with Crippen LogP contribution in [0.2, 0.25) is 0 Å². The van der Waals surface area contributed by atoms with E-state index in [0.29, 0.717) is 0 Å². The van der Waals surface area contributed by atoms with E-state index < -0.39 is 40.3 Å². The predicted molar refractivity (Wildman–Crippen MR) is 55.6 cm³/mol. The van der Waals surface area contributed by atoms with Crippen molar-refractivity contribution >= 4 is 22.0 Å². The van der Waals surface area contributed by atoms with Gasteiger partial charge in [-0.1, -0.05) is 0 Å². The van der Waals surface area contributed by atoms with Crippen LogP contribution in [-0.4, -0.2) is 40.3 Å². The highest BCUT2D eigenvalue weighted by molar-refractivity contribution is 6.67. The smallest absolute Gasteiger partial charge is 0.400 e. The van der Waals surface area contributed by atoms with Crippen molar-refractivity contribution in [1.82, 2.24) is 0 Å². The Kier molecular flexibility index (Phi) is 5.61. The summed E-state index contributed by atoms with van der Waals surface area (Å²) < 4.78 is 100. The quantitative estimate of drug-likeness (QED) is 0.549. The fraction of sp³-hybridized carbons (Fsp3) is 1.00. The summed E-state index contributed by atoms with van der Waals surface area (Å²) >= 11 is 0. The van der Waals surface area contributed by atoms with E-state index in [4.69, 9.17) is 0 Å². The Hall–Kier alpha value is -0.465. The van der Waals surface area contributed by atoms with Crippen LogP contribution in [-0.2, 0) is 27.7 Å². The van der Waals surface area contributed by atoms with Crippen LogP contribution in [0.25, 0.3) is 0 Å². The Labute approximate surface area is 116 Å². The minimum atomic E-state index is -3.80. The average molecular weight is 324 g/mol. The van der Waals surface area contributed by atoms with Gasteiger partial charge < -0.3 is 27.7 Å². The number of halogens is 6. The third-order valence-electron chi connectivity index (χ3n) is 1.58. The van der Waals surface area contributed by atoms with Gasteiger partial charge in [-0.2, -0.15) is 26.3 Å².